The fraction of sp³-hybridized carbons (Fsp3) is 0.417. The van der Waals surface area contributed by atoms with E-state index in [0.29, 0.717) is 12.1 Å². The molecule has 16 heavy (non-hydrogen) atoms. The van der Waals surface area contributed by atoms with Crippen LogP contribution in [0.3, 0.4) is 0 Å². The van der Waals surface area contributed by atoms with E-state index in [1.807, 2.05) is 18.2 Å². The first kappa shape index (κ1) is 12.8. The van der Waals surface area contributed by atoms with Crippen molar-refractivity contribution in [3.05, 3.63) is 35.9 Å². The van der Waals surface area contributed by atoms with Crippen molar-refractivity contribution >= 4 is 14.2 Å². The lowest BCUT2D eigenvalue weighted by atomic mass is 10.1. The topological polar surface area (TPSA) is 49.3 Å². The number of carbonyl (C=O) groups is 1. The number of rotatable bonds is 4. The molecule has 1 aromatic rings. The molecule has 0 saturated heterocycles. The van der Waals surface area contributed by atoms with Crippen LogP contribution in [0.15, 0.2) is 30.3 Å². The summed E-state index contributed by atoms with van der Waals surface area (Å²) in [6.07, 6.45) is -0.945. The lowest BCUT2D eigenvalue weighted by Crippen LogP contribution is -2.39. The van der Waals surface area contributed by atoms with E-state index in [1.54, 1.807) is 0 Å². The summed E-state index contributed by atoms with van der Waals surface area (Å²) in [5.74, 6) is 0. The summed E-state index contributed by atoms with van der Waals surface area (Å²) in [6.45, 7) is 7.28. The molecule has 1 unspecified atom stereocenters. The first-order valence-electron chi connectivity index (χ1n) is 5.43. The minimum atomic E-state index is -1.42. The Morgan fingerprint density at radius 1 is 1.31 bits per heavy atom. The zero-order chi connectivity index (χ0) is 12.2. The van der Waals surface area contributed by atoms with E-state index in [2.05, 4.69) is 37.1 Å². The maximum Gasteiger partial charge on any atom is 0.404 e. The van der Waals surface area contributed by atoms with Crippen LogP contribution >= 0.6 is 0 Å². The van der Waals surface area contributed by atoms with Crippen molar-refractivity contribution in [1.82, 2.24) is 5.32 Å². The maximum absolute atomic E-state index is 10.6. The summed E-state index contributed by atoms with van der Waals surface area (Å²) in [5, 5.41) is 11.2. The number of amides is 1. The summed E-state index contributed by atoms with van der Waals surface area (Å²) in [4.78, 5) is 10.6. The molecule has 0 heterocycles. The van der Waals surface area contributed by atoms with E-state index in [0.717, 1.165) is 0 Å². The fourth-order valence-electron chi connectivity index (χ4n) is 1.80. The zero-order valence-electron chi connectivity index (χ0n) is 10.0. The van der Waals surface area contributed by atoms with E-state index in [4.69, 9.17) is 5.11 Å². The molecule has 1 amide bonds. The Kier molecular flexibility index (Phi) is 4.12. The molecule has 2 N–H and O–H groups in total. The van der Waals surface area contributed by atoms with Crippen LogP contribution in [0.2, 0.25) is 19.6 Å². The van der Waals surface area contributed by atoms with Gasteiger partial charge in [0.15, 0.2) is 0 Å². The molecule has 4 heteroatoms. The van der Waals surface area contributed by atoms with Crippen molar-refractivity contribution in [2.24, 2.45) is 0 Å². The molecule has 3 nitrogen and oxygen atoms in total. The molecule has 0 aliphatic carbocycles. The quantitative estimate of drug-likeness (QED) is 0.791. The molecule has 0 saturated carbocycles. The number of hydrogen-bond acceptors (Lipinski definition) is 1. The highest BCUT2D eigenvalue weighted by molar-refractivity contribution is 6.77. The van der Waals surface area contributed by atoms with Gasteiger partial charge in [0.25, 0.3) is 0 Å². The summed E-state index contributed by atoms with van der Waals surface area (Å²) in [5.41, 5.74) is 1.56. The van der Waals surface area contributed by atoms with E-state index >= 15 is 0 Å². The summed E-state index contributed by atoms with van der Waals surface area (Å²) < 4.78 is 0. The number of benzene rings is 1. The van der Waals surface area contributed by atoms with Gasteiger partial charge in [0.05, 0.1) is 8.07 Å². The van der Waals surface area contributed by atoms with Gasteiger partial charge in [0, 0.05) is 6.54 Å². The predicted octanol–water partition coefficient (Wildman–Crippen LogP) is 2.92. The van der Waals surface area contributed by atoms with Crippen LogP contribution in [0.4, 0.5) is 4.79 Å². The van der Waals surface area contributed by atoms with Crippen molar-refractivity contribution in [2.45, 2.75) is 25.2 Å². The molecular formula is C12H19NO2Si. The highest BCUT2D eigenvalue weighted by Crippen LogP contribution is 2.26. The van der Waals surface area contributed by atoms with Gasteiger partial charge >= 0.3 is 6.09 Å². The van der Waals surface area contributed by atoms with Crippen molar-refractivity contribution in [3.63, 3.8) is 0 Å². The van der Waals surface area contributed by atoms with Gasteiger partial charge in [0.1, 0.15) is 0 Å². The van der Waals surface area contributed by atoms with Gasteiger partial charge in [-0.15, -0.1) is 0 Å². The standard InChI is InChI=1S/C12H19NO2Si/c1-16(2,3)11(9-13-12(14)15)10-7-5-4-6-8-10/h4-8,11,13H,9H2,1-3H3,(H,14,15). The van der Waals surface area contributed by atoms with E-state index < -0.39 is 14.2 Å². The van der Waals surface area contributed by atoms with E-state index in [9.17, 15) is 4.79 Å². The summed E-state index contributed by atoms with van der Waals surface area (Å²) in [6, 6.07) is 10.1. The predicted molar refractivity (Wildman–Crippen MR) is 68.6 cm³/mol. The molecule has 0 aliphatic rings. The van der Waals surface area contributed by atoms with Crippen LogP contribution in [0.5, 0.6) is 0 Å². The second-order valence-electron chi connectivity index (χ2n) is 5.02. The molecular weight excluding hydrogens is 218 g/mol. The van der Waals surface area contributed by atoms with Crippen LogP contribution in [-0.4, -0.2) is 25.8 Å². The SMILES string of the molecule is C[Si](C)(C)C(CNC(=O)O)c1ccccc1. The second-order valence-corrected chi connectivity index (χ2v) is 10.4. The molecule has 0 fully saturated rings. The lowest BCUT2D eigenvalue weighted by Gasteiger charge is -2.29. The van der Waals surface area contributed by atoms with Gasteiger partial charge in [-0.2, -0.15) is 0 Å². The van der Waals surface area contributed by atoms with Crippen LogP contribution in [-0.2, 0) is 0 Å². The third kappa shape index (κ3) is 3.70. The number of hydrogen-bond donors (Lipinski definition) is 2. The number of nitrogens with one attached hydrogen (secondary N) is 1. The first-order chi connectivity index (χ1) is 7.41. The number of carboxylic acid groups (broad SMARTS) is 1. The van der Waals surface area contributed by atoms with Crippen LogP contribution in [0.1, 0.15) is 11.1 Å². The zero-order valence-corrected chi connectivity index (χ0v) is 11.0. The Morgan fingerprint density at radius 3 is 2.31 bits per heavy atom. The molecule has 0 aromatic heterocycles. The highest BCUT2D eigenvalue weighted by Gasteiger charge is 2.28. The third-order valence-corrected chi connectivity index (χ3v) is 5.33. The molecule has 1 aromatic carbocycles. The molecule has 0 bridgehead atoms. The van der Waals surface area contributed by atoms with Gasteiger partial charge in [-0.3, -0.25) is 0 Å². The third-order valence-electron chi connectivity index (χ3n) is 2.70. The van der Waals surface area contributed by atoms with Crippen molar-refractivity contribution in [1.29, 1.82) is 0 Å². The van der Waals surface area contributed by atoms with Gasteiger partial charge in [-0.25, -0.2) is 4.79 Å². The molecule has 88 valence electrons. The van der Waals surface area contributed by atoms with Crippen LogP contribution in [0.25, 0.3) is 0 Å². The molecule has 0 spiro atoms. The lowest BCUT2D eigenvalue weighted by molar-refractivity contribution is 0.194. The van der Waals surface area contributed by atoms with E-state index in [1.165, 1.54) is 5.56 Å². The molecule has 0 aliphatic heterocycles. The van der Waals surface area contributed by atoms with Crippen LogP contribution < -0.4 is 5.32 Å². The average molecular weight is 237 g/mol. The van der Waals surface area contributed by atoms with Gasteiger partial charge in [-0.1, -0.05) is 50.0 Å². The Balaban J connectivity index is 2.84. The minimum absolute atomic E-state index is 0.324. The normalized spacial score (nSPS) is 13.2. The smallest absolute Gasteiger partial charge is 0.404 e. The average Bonchev–Trinajstić information content (AvgIpc) is 2.17. The molecule has 1 atom stereocenters. The fourth-order valence-corrected chi connectivity index (χ4v) is 3.71. The highest BCUT2D eigenvalue weighted by atomic mass is 28.3. The van der Waals surface area contributed by atoms with Gasteiger partial charge < -0.3 is 10.4 Å². The van der Waals surface area contributed by atoms with E-state index in [-0.39, 0.29) is 0 Å². The Bertz CT molecular complexity index is 346. The van der Waals surface area contributed by atoms with Gasteiger partial charge in [0.2, 0.25) is 0 Å². The van der Waals surface area contributed by atoms with Crippen molar-refractivity contribution in [2.75, 3.05) is 6.54 Å². The Hall–Kier alpha value is -1.29. The van der Waals surface area contributed by atoms with Crippen molar-refractivity contribution in [3.8, 4) is 0 Å². The first-order valence-corrected chi connectivity index (χ1v) is 9.00. The molecule has 1 rings (SSSR count). The second kappa shape index (κ2) is 5.16. The minimum Gasteiger partial charge on any atom is -0.465 e. The maximum atomic E-state index is 10.6. The Labute approximate surface area is 97.5 Å². The van der Waals surface area contributed by atoms with Crippen molar-refractivity contribution < 1.29 is 9.90 Å². The van der Waals surface area contributed by atoms with Gasteiger partial charge in [-0.05, 0) is 11.1 Å². The Morgan fingerprint density at radius 2 is 1.88 bits per heavy atom. The van der Waals surface area contributed by atoms with Crippen LogP contribution in [0, 0.1) is 0 Å². The summed E-state index contributed by atoms with van der Waals surface area (Å²) >= 11 is 0. The largest absolute Gasteiger partial charge is 0.465 e. The monoisotopic (exact) mass is 237 g/mol. The summed E-state index contributed by atoms with van der Waals surface area (Å²) in [7, 11) is -1.42. The molecule has 0 radical (unpaired) electrons.